The van der Waals surface area contributed by atoms with Crippen LogP contribution in [-0.2, 0) is 23.9 Å². The molecule has 0 atom stereocenters. The fourth-order valence-electron chi connectivity index (χ4n) is 6.58. The maximum absolute atomic E-state index is 15.2. The van der Waals surface area contributed by atoms with Gasteiger partial charge in [-0.1, -0.05) is 30.3 Å². The van der Waals surface area contributed by atoms with Gasteiger partial charge in [0.25, 0.3) is 11.8 Å². The van der Waals surface area contributed by atoms with Crippen molar-refractivity contribution < 1.29 is 46.9 Å². The first-order valence-electron chi connectivity index (χ1n) is 17.5. The molecule has 0 aromatic heterocycles. The molecule has 0 saturated carbocycles. The van der Waals surface area contributed by atoms with Crippen molar-refractivity contribution in [3.63, 3.8) is 0 Å². The van der Waals surface area contributed by atoms with Crippen molar-refractivity contribution in [2.24, 2.45) is 0 Å². The molecular weight excluding hydrogens is 698 g/mol. The Morgan fingerprint density at radius 2 is 1.07 bits per heavy atom. The second-order valence-corrected chi connectivity index (χ2v) is 12.6. The third-order valence-electron chi connectivity index (χ3n) is 9.29. The molecule has 54 heavy (non-hydrogen) atoms. The third kappa shape index (κ3) is 8.17. The number of hydrogen-bond donors (Lipinski definition) is 2. The lowest BCUT2D eigenvalue weighted by Crippen LogP contribution is -2.22. The van der Waals surface area contributed by atoms with E-state index in [1.54, 1.807) is 48.5 Å². The lowest BCUT2D eigenvalue weighted by molar-refractivity contribution is -0.154. The van der Waals surface area contributed by atoms with E-state index in [0.29, 0.717) is 53.4 Å². The minimum Gasteiger partial charge on any atom is -0.494 e. The SMILES string of the molecule is CCOc1cccc(-c2ccc(NC(=O)C3=C(C(=O)OC(=O)C4=C(C(=O)Nc5ccc(-c6ccc(OC)c(OC)c6)cc5F)CCC4)CCC3)c(F)c2)c1. The first-order valence-corrected chi connectivity index (χ1v) is 17.5. The number of nitrogens with one attached hydrogen (secondary N) is 2. The summed E-state index contributed by atoms with van der Waals surface area (Å²) in [6, 6.07) is 21.1. The van der Waals surface area contributed by atoms with E-state index in [1.807, 2.05) is 13.0 Å². The largest absolute Gasteiger partial charge is 0.494 e. The Morgan fingerprint density at radius 1 is 0.593 bits per heavy atom. The normalized spacial score (nSPS) is 13.8. The lowest BCUT2D eigenvalue weighted by atomic mass is 10.0. The van der Waals surface area contributed by atoms with Crippen molar-refractivity contribution in [2.45, 2.75) is 45.4 Å². The number of carbonyl (C=O) groups excluding carboxylic acids is 4. The van der Waals surface area contributed by atoms with Crippen LogP contribution in [0.25, 0.3) is 22.3 Å². The Balaban J connectivity index is 1.11. The number of ether oxygens (including phenoxy) is 4. The Labute approximate surface area is 310 Å². The fourth-order valence-corrected chi connectivity index (χ4v) is 6.58. The highest BCUT2D eigenvalue weighted by Gasteiger charge is 2.32. The van der Waals surface area contributed by atoms with Gasteiger partial charge in [-0.15, -0.1) is 0 Å². The lowest BCUT2D eigenvalue weighted by Gasteiger charge is -2.12. The molecule has 278 valence electrons. The zero-order chi connectivity index (χ0) is 38.4. The molecule has 0 radical (unpaired) electrons. The molecule has 6 rings (SSSR count). The zero-order valence-electron chi connectivity index (χ0n) is 30.0. The van der Waals surface area contributed by atoms with E-state index in [9.17, 15) is 19.2 Å². The van der Waals surface area contributed by atoms with E-state index in [-0.39, 0.29) is 59.4 Å². The van der Waals surface area contributed by atoms with Crippen LogP contribution in [0.1, 0.15) is 45.4 Å². The summed E-state index contributed by atoms with van der Waals surface area (Å²) in [6.45, 7) is 2.35. The van der Waals surface area contributed by atoms with Crippen molar-refractivity contribution in [3.8, 4) is 39.5 Å². The highest BCUT2D eigenvalue weighted by Crippen LogP contribution is 2.35. The molecule has 2 N–H and O–H groups in total. The molecule has 4 aromatic rings. The number of esters is 2. The standard InChI is InChI=1S/C42H38F2N2O8/c1-4-53-28-9-5-8-24(20-28)25-14-17-35(33(43)21-25)45-39(47)29-10-6-12-31(29)41(49)54-42(50)32-13-7-11-30(32)40(48)46-36-18-15-26(22-34(36)44)27-16-19-37(51-2)38(23-27)52-3/h5,8-9,14-23H,4,6-7,10-13H2,1-3H3,(H,45,47)(H,46,48). The van der Waals surface area contributed by atoms with Gasteiger partial charge in [0.15, 0.2) is 11.5 Å². The predicted octanol–water partition coefficient (Wildman–Crippen LogP) is 8.32. The number of halogens is 2. The molecule has 4 aromatic carbocycles. The molecule has 0 aliphatic heterocycles. The van der Waals surface area contributed by atoms with Crippen molar-refractivity contribution in [3.05, 3.63) is 113 Å². The number of carbonyl (C=O) groups is 4. The van der Waals surface area contributed by atoms with Gasteiger partial charge in [-0.05, 0) is 116 Å². The number of anilines is 2. The minimum absolute atomic E-state index is 0.00163. The van der Waals surface area contributed by atoms with Crippen LogP contribution >= 0.6 is 0 Å². The fraction of sp³-hybridized carbons (Fsp3) is 0.238. The summed E-state index contributed by atoms with van der Waals surface area (Å²) in [5.74, 6) is -3.13. The van der Waals surface area contributed by atoms with E-state index in [1.165, 1.54) is 38.5 Å². The quantitative estimate of drug-likeness (QED) is 0.110. The zero-order valence-corrected chi connectivity index (χ0v) is 30.0. The summed E-state index contributed by atoms with van der Waals surface area (Å²) in [7, 11) is 3.01. The van der Waals surface area contributed by atoms with Gasteiger partial charge in [0.2, 0.25) is 0 Å². The molecule has 2 aliphatic carbocycles. The van der Waals surface area contributed by atoms with Gasteiger partial charge >= 0.3 is 11.9 Å². The Morgan fingerprint density at radius 3 is 1.57 bits per heavy atom. The van der Waals surface area contributed by atoms with Crippen LogP contribution in [0.15, 0.2) is 101 Å². The second kappa shape index (κ2) is 16.6. The monoisotopic (exact) mass is 736 g/mol. The van der Waals surface area contributed by atoms with Crippen LogP contribution in [0.3, 0.4) is 0 Å². The molecule has 2 amide bonds. The van der Waals surface area contributed by atoms with Crippen LogP contribution in [0, 0.1) is 11.6 Å². The summed E-state index contributed by atoms with van der Waals surface area (Å²) in [4.78, 5) is 52.9. The van der Waals surface area contributed by atoms with Gasteiger partial charge < -0.3 is 29.6 Å². The van der Waals surface area contributed by atoms with Crippen LogP contribution in [0.2, 0.25) is 0 Å². The molecule has 2 aliphatic rings. The molecule has 12 heteroatoms. The van der Waals surface area contributed by atoms with Crippen molar-refractivity contribution >= 4 is 35.1 Å². The van der Waals surface area contributed by atoms with Crippen molar-refractivity contribution in [1.29, 1.82) is 0 Å². The Bertz CT molecular complexity index is 2210. The third-order valence-corrected chi connectivity index (χ3v) is 9.29. The van der Waals surface area contributed by atoms with Crippen LogP contribution in [-0.4, -0.2) is 44.6 Å². The topological polar surface area (TPSA) is 129 Å². The summed E-state index contributed by atoms with van der Waals surface area (Å²) in [5.41, 5.74) is 2.52. The molecule has 0 unspecified atom stereocenters. The van der Waals surface area contributed by atoms with Gasteiger partial charge in [-0.3, -0.25) is 9.59 Å². The highest BCUT2D eigenvalue weighted by atomic mass is 19.1. The summed E-state index contributed by atoms with van der Waals surface area (Å²) >= 11 is 0. The first kappa shape index (κ1) is 37.5. The Kier molecular flexibility index (Phi) is 11.5. The molecule has 0 spiro atoms. The smallest absolute Gasteiger partial charge is 0.342 e. The minimum atomic E-state index is -1.01. The summed E-state index contributed by atoms with van der Waals surface area (Å²) in [6.07, 6.45) is 1.69. The van der Waals surface area contributed by atoms with Gasteiger partial charge in [0, 0.05) is 22.3 Å². The van der Waals surface area contributed by atoms with Crippen LogP contribution < -0.4 is 24.8 Å². The van der Waals surface area contributed by atoms with Gasteiger partial charge in [0.05, 0.1) is 32.2 Å². The van der Waals surface area contributed by atoms with E-state index < -0.39 is 35.4 Å². The van der Waals surface area contributed by atoms with Crippen molar-refractivity contribution in [2.75, 3.05) is 31.5 Å². The molecular formula is C42H38F2N2O8. The van der Waals surface area contributed by atoms with Gasteiger partial charge in [0.1, 0.15) is 17.4 Å². The van der Waals surface area contributed by atoms with E-state index in [0.717, 1.165) is 5.56 Å². The highest BCUT2D eigenvalue weighted by molar-refractivity contribution is 6.14. The summed E-state index contributed by atoms with van der Waals surface area (Å²) < 4.78 is 51.7. The second-order valence-electron chi connectivity index (χ2n) is 12.6. The maximum Gasteiger partial charge on any atom is 0.342 e. The number of methoxy groups -OCH3 is 2. The number of rotatable bonds is 12. The number of hydrogen-bond acceptors (Lipinski definition) is 8. The van der Waals surface area contributed by atoms with Crippen molar-refractivity contribution in [1.82, 2.24) is 0 Å². The molecule has 0 bridgehead atoms. The van der Waals surface area contributed by atoms with Gasteiger partial charge in [-0.2, -0.15) is 0 Å². The van der Waals surface area contributed by atoms with Crippen LogP contribution in [0.5, 0.6) is 17.2 Å². The average Bonchev–Trinajstić information content (AvgIpc) is 3.88. The Hall–Kier alpha value is -6.30. The van der Waals surface area contributed by atoms with E-state index in [4.69, 9.17) is 18.9 Å². The maximum atomic E-state index is 15.2. The average molecular weight is 737 g/mol. The molecule has 0 fully saturated rings. The summed E-state index contributed by atoms with van der Waals surface area (Å²) in [5, 5.41) is 5.06. The predicted molar refractivity (Wildman–Crippen MR) is 198 cm³/mol. The van der Waals surface area contributed by atoms with Gasteiger partial charge in [-0.25, -0.2) is 18.4 Å². The molecule has 0 saturated heterocycles. The number of amides is 2. The van der Waals surface area contributed by atoms with E-state index in [2.05, 4.69) is 10.6 Å². The molecule has 0 heterocycles. The molecule has 10 nitrogen and oxygen atoms in total. The number of benzene rings is 4. The van der Waals surface area contributed by atoms with E-state index >= 15 is 8.78 Å². The van der Waals surface area contributed by atoms with Crippen LogP contribution in [0.4, 0.5) is 20.2 Å². The first-order chi connectivity index (χ1) is 26.1.